The molecule has 0 radical (unpaired) electrons. The number of anilines is 1. The summed E-state index contributed by atoms with van der Waals surface area (Å²) in [7, 11) is 0. The number of aliphatic hydroxyl groups is 1. The molecule has 1 amide bonds. The second kappa shape index (κ2) is 11.2. The summed E-state index contributed by atoms with van der Waals surface area (Å²) in [5.74, 6) is -0.383. The number of amides is 1. The van der Waals surface area contributed by atoms with Crippen molar-refractivity contribution in [3.63, 3.8) is 0 Å². The number of rotatable bonds is 8. The van der Waals surface area contributed by atoms with Crippen LogP contribution < -0.4 is 14.4 Å². The first-order valence-corrected chi connectivity index (χ1v) is 14.9. The van der Waals surface area contributed by atoms with E-state index in [4.69, 9.17) is 21.1 Å². The van der Waals surface area contributed by atoms with Crippen LogP contribution in [-0.4, -0.2) is 34.5 Å². The molecule has 7 nitrogen and oxygen atoms in total. The summed E-state index contributed by atoms with van der Waals surface area (Å²) < 4.78 is 12.6. The molecule has 0 saturated carbocycles. The van der Waals surface area contributed by atoms with Crippen molar-refractivity contribution in [1.82, 2.24) is 4.98 Å². The molecule has 1 saturated heterocycles. The molecule has 3 aromatic carbocycles. The first kappa shape index (κ1) is 27.3. The summed E-state index contributed by atoms with van der Waals surface area (Å²) in [4.78, 5) is 33.4. The van der Waals surface area contributed by atoms with Crippen molar-refractivity contribution in [3.8, 4) is 11.5 Å². The highest BCUT2D eigenvalue weighted by Crippen LogP contribution is 2.45. The van der Waals surface area contributed by atoms with Crippen LogP contribution in [0.25, 0.3) is 16.0 Å². The molecule has 1 fully saturated rings. The molecule has 0 spiro atoms. The molecule has 2 aliphatic rings. The summed E-state index contributed by atoms with van der Waals surface area (Å²) in [5.41, 5.74) is 2.69. The van der Waals surface area contributed by atoms with Gasteiger partial charge in [-0.3, -0.25) is 14.5 Å². The molecule has 210 valence electrons. The Kier molecular flexibility index (Phi) is 7.45. The predicted octanol–water partition coefficient (Wildman–Crippen LogP) is 7.47. The lowest BCUT2D eigenvalue weighted by Gasteiger charge is -2.23. The van der Waals surface area contributed by atoms with Gasteiger partial charge in [-0.25, -0.2) is 4.98 Å². The molecule has 0 unspecified atom stereocenters. The van der Waals surface area contributed by atoms with Gasteiger partial charge in [-0.2, -0.15) is 0 Å². The molecule has 41 heavy (non-hydrogen) atoms. The van der Waals surface area contributed by atoms with Gasteiger partial charge >= 0.3 is 5.91 Å². The lowest BCUT2D eigenvalue weighted by molar-refractivity contribution is -0.132. The smallest absolute Gasteiger partial charge is 0.301 e. The van der Waals surface area contributed by atoms with Crippen molar-refractivity contribution < 1.29 is 24.2 Å². The number of halogens is 1. The predicted molar refractivity (Wildman–Crippen MR) is 161 cm³/mol. The van der Waals surface area contributed by atoms with Crippen molar-refractivity contribution in [2.24, 2.45) is 0 Å². The van der Waals surface area contributed by atoms with Gasteiger partial charge in [-0.1, -0.05) is 54.8 Å². The van der Waals surface area contributed by atoms with E-state index >= 15 is 0 Å². The maximum Gasteiger partial charge on any atom is 0.301 e. The van der Waals surface area contributed by atoms with E-state index < -0.39 is 17.7 Å². The third-order valence-electron chi connectivity index (χ3n) is 7.35. The first-order chi connectivity index (χ1) is 19.8. The molecular formula is C32H29ClN2O5S. The van der Waals surface area contributed by atoms with Crippen LogP contribution in [0.1, 0.15) is 55.8 Å². The van der Waals surface area contributed by atoms with Gasteiger partial charge in [0, 0.05) is 17.0 Å². The molecular weight excluding hydrogens is 560 g/mol. The average molecular weight is 589 g/mol. The number of hydrogen-bond donors (Lipinski definition) is 1. The van der Waals surface area contributed by atoms with Gasteiger partial charge in [-0.05, 0) is 73.0 Å². The van der Waals surface area contributed by atoms with Gasteiger partial charge in [0.25, 0.3) is 5.78 Å². The molecule has 2 atom stereocenters. The molecule has 1 aromatic heterocycles. The first-order valence-electron chi connectivity index (χ1n) is 13.7. The van der Waals surface area contributed by atoms with Gasteiger partial charge in [0.1, 0.15) is 23.4 Å². The van der Waals surface area contributed by atoms with Crippen molar-refractivity contribution in [2.75, 3.05) is 11.5 Å². The number of benzene rings is 3. The summed E-state index contributed by atoms with van der Waals surface area (Å²) in [6, 6.07) is 17.0. The van der Waals surface area contributed by atoms with E-state index in [1.807, 2.05) is 37.3 Å². The maximum absolute atomic E-state index is 13.7. The minimum atomic E-state index is -0.909. The third kappa shape index (κ3) is 5.18. The van der Waals surface area contributed by atoms with E-state index in [9.17, 15) is 14.7 Å². The number of thiazole rings is 1. The fourth-order valence-electron chi connectivity index (χ4n) is 5.38. The minimum absolute atomic E-state index is 0.00216. The Balaban J connectivity index is 1.47. The number of hydrogen-bond acceptors (Lipinski definition) is 7. The molecule has 9 heteroatoms. The second-order valence-corrected chi connectivity index (χ2v) is 11.8. The molecule has 2 aliphatic heterocycles. The lowest BCUT2D eigenvalue weighted by Crippen LogP contribution is -2.29. The SMILES string of the molecule is CCCCCOc1cccc([C@H]2C(=C(O)c3ccc4c(c3)C[C@H](C)O4)C(=O)C(=O)N2c2nc3ccc(Cl)cc3s2)c1. The van der Waals surface area contributed by atoms with E-state index in [0.29, 0.717) is 45.6 Å². The molecule has 0 aliphatic carbocycles. The van der Waals surface area contributed by atoms with Gasteiger partial charge in [-0.15, -0.1) is 0 Å². The number of ether oxygens (including phenoxy) is 2. The fraction of sp³-hybridized carbons (Fsp3) is 0.281. The lowest BCUT2D eigenvalue weighted by atomic mass is 9.94. The highest BCUT2D eigenvalue weighted by atomic mass is 35.5. The van der Waals surface area contributed by atoms with E-state index in [1.165, 1.54) is 16.2 Å². The standard InChI is InChI=1S/C32H29ClN2O5S/c1-3-4-5-13-39-23-8-6-7-19(16-23)28-27(29(36)20-9-12-25-21(15-20)14-18(2)40-25)30(37)31(38)35(28)32-34-24-11-10-22(33)17-26(24)41-32/h6-12,15-18,28,36H,3-5,13-14H2,1-2H3/t18-,28-/m0/s1. The van der Waals surface area contributed by atoms with Gasteiger partial charge in [0.2, 0.25) is 0 Å². The van der Waals surface area contributed by atoms with Crippen molar-refractivity contribution in [1.29, 1.82) is 0 Å². The van der Waals surface area contributed by atoms with Crippen LogP contribution >= 0.6 is 22.9 Å². The summed E-state index contributed by atoms with van der Waals surface area (Å²) in [6.07, 6.45) is 3.79. The van der Waals surface area contributed by atoms with Gasteiger partial charge < -0.3 is 14.6 Å². The quantitative estimate of drug-likeness (QED) is 0.0994. The number of Topliss-reactive ketones (excluding diaryl/α,β-unsaturated/α-hetero) is 1. The Labute approximate surface area is 247 Å². The van der Waals surface area contributed by atoms with Crippen LogP contribution in [0.15, 0.2) is 66.2 Å². The monoisotopic (exact) mass is 588 g/mol. The third-order valence-corrected chi connectivity index (χ3v) is 8.60. The Morgan fingerprint density at radius 2 is 2.00 bits per heavy atom. The zero-order valence-corrected chi connectivity index (χ0v) is 24.3. The van der Waals surface area contributed by atoms with Crippen LogP contribution in [0, 0.1) is 0 Å². The van der Waals surface area contributed by atoms with Gasteiger partial charge in [0.05, 0.1) is 28.4 Å². The number of aromatic nitrogens is 1. The summed E-state index contributed by atoms with van der Waals surface area (Å²) in [5, 5.41) is 12.5. The molecule has 3 heterocycles. The van der Waals surface area contributed by atoms with Crippen LogP contribution in [-0.2, 0) is 16.0 Å². The number of nitrogens with zero attached hydrogens (tertiary/aromatic N) is 2. The topological polar surface area (TPSA) is 89.0 Å². The zero-order chi connectivity index (χ0) is 28.7. The molecule has 0 bridgehead atoms. The average Bonchev–Trinajstić information content (AvgIpc) is 3.62. The van der Waals surface area contributed by atoms with Crippen molar-refractivity contribution in [3.05, 3.63) is 87.9 Å². The van der Waals surface area contributed by atoms with Crippen molar-refractivity contribution >= 4 is 55.7 Å². The van der Waals surface area contributed by atoms with Gasteiger partial charge in [0.15, 0.2) is 5.13 Å². The van der Waals surface area contributed by atoms with E-state index in [2.05, 4.69) is 11.9 Å². The number of carbonyl (C=O) groups excluding carboxylic acids is 2. The van der Waals surface area contributed by atoms with Crippen LogP contribution in [0.2, 0.25) is 5.02 Å². The number of fused-ring (bicyclic) bond motifs is 2. The summed E-state index contributed by atoms with van der Waals surface area (Å²) in [6.45, 7) is 4.67. The number of aliphatic hydroxyl groups excluding tert-OH is 1. The van der Waals surface area contributed by atoms with Crippen LogP contribution in [0.3, 0.4) is 0 Å². The number of ketones is 1. The fourth-order valence-corrected chi connectivity index (χ4v) is 6.64. The zero-order valence-electron chi connectivity index (χ0n) is 22.7. The highest BCUT2D eigenvalue weighted by molar-refractivity contribution is 7.22. The maximum atomic E-state index is 13.7. The van der Waals surface area contributed by atoms with Crippen LogP contribution in [0.5, 0.6) is 11.5 Å². The van der Waals surface area contributed by atoms with E-state index in [1.54, 1.807) is 30.3 Å². The van der Waals surface area contributed by atoms with Crippen molar-refractivity contribution in [2.45, 2.75) is 51.7 Å². The minimum Gasteiger partial charge on any atom is -0.507 e. The normalized spacial score (nSPS) is 19.5. The summed E-state index contributed by atoms with van der Waals surface area (Å²) >= 11 is 7.47. The Morgan fingerprint density at radius 1 is 1.15 bits per heavy atom. The Bertz CT molecular complexity index is 1700. The number of carbonyl (C=O) groups is 2. The second-order valence-electron chi connectivity index (χ2n) is 10.4. The molecule has 4 aromatic rings. The molecule has 6 rings (SSSR count). The highest BCUT2D eigenvalue weighted by Gasteiger charge is 2.48. The molecule has 1 N–H and O–H groups in total. The Morgan fingerprint density at radius 3 is 2.83 bits per heavy atom. The largest absolute Gasteiger partial charge is 0.507 e. The van der Waals surface area contributed by atoms with E-state index in [0.717, 1.165) is 35.3 Å². The number of unbranched alkanes of at least 4 members (excludes halogenated alkanes) is 2. The Hall–Kier alpha value is -3.88. The van der Waals surface area contributed by atoms with Crippen LogP contribution in [0.4, 0.5) is 5.13 Å². The van der Waals surface area contributed by atoms with E-state index in [-0.39, 0.29) is 17.4 Å².